The fourth-order valence-electron chi connectivity index (χ4n) is 2.05. The first kappa shape index (κ1) is 16.8. The zero-order chi connectivity index (χ0) is 13.9. The first-order valence-corrected chi connectivity index (χ1v) is 6.15. The van der Waals surface area contributed by atoms with Gasteiger partial charge in [0.2, 0.25) is 0 Å². The molecule has 1 fully saturated rings. The highest BCUT2D eigenvalue weighted by molar-refractivity contribution is 5.94. The quantitative estimate of drug-likeness (QED) is 0.882. The molecule has 1 heterocycles. The van der Waals surface area contributed by atoms with Gasteiger partial charge in [-0.25, -0.2) is 0 Å². The second-order valence-electron chi connectivity index (χ2n) is 4.59. The summed E-state index contributed by atoms with van der Waals surface area (Å²) in [5, 5.41) is 5.97. The van der Waals surface area contributed by atoms with Crippen molar-refractivity contribution in [3.63, 3.8) is 0 Å². The number of piperidine rings is 1. The van der Waals surface area contributed by atoms with Crippen molar-refractivity contribution in [3.05, 3.63) is 35.4 Å². The molecule has 7 heteroatoms. The van der Waals surface area contributed by atoms with Gasteiger partial charge in [0, 0.05) is 18.2 Å². The standard InChI is InChI=1S/C13H15F3N2O.ClH/c14-13(15,16)10-5-3-9(4-6-10)12(19)18-11-2-1-7-17-8-11;/h3-6,11,17H,1-2,7-8H2,(H,18,19);1H/t11-;/m1./s1. The van der Waals surface area contributed by atoms with Gasteiger partial charge in [-0.05, 0) is 43.7 Å². The Hall–Kier alpha value is -1.27. The summed E-state index contributed by atoms with van der Waals surface area (Å²) in [6, 6.07) is 4.30. The lowest BCUT2D eigenvalue weighted by Crippen LogP contribution is -2.45. The molecule has 112 valence electrons. The zero-order valence-electron chi connectivity index (χ0n) is 10.7. The van der Waals surface area contributed by atoms with Gasteiger partial charge in [0.05, 0.1) is 5.56 Å². The molecular formula is C13H16ClF3N2O. The molecule has 1 atom stereocenters. The Kier molecular flexibility index (Phi) is 5.83. The Morgan fingerprint density at radius 2 is 1.90 bits per heavy atom. The van der Waals surface area contributed by atoms with E-state index in [4.69, 9.17) is 0 Å². The number of carbonyl (C=O) groups excluding carboxylic acids is 1. The minimum absolute atomic E-state index is 0. The van der Waals surface area contributed by atoms with Crippen molar-refractivity contribution in [2.45, 2.75) is 25.1 Å². The van der Waals surface area contributed by atoms with E-state index in [2.05, 4.69) is 10.6 Å². The van der Waals surface area contributed by atoms with Crippen molar-refractivity contribution in [2.75, 3.05) is 13.1 Å². The average Bonchev–Trinajstić information content (AvgIpc) is 2.39. The lowest BCUT2D eigenvalue weighted by molar-refractivity contribution is -0.137. The number of alkyl halides is 3. The topological polar surface area (TPSA) is 41.1 Å². The van der Waals surface area contributed by atoms with Crippen LogP contribution >= 0.6 is 12.4 Å². The summed E-state index contributed by atoms with van der Waals surface area (Å²) in [6.07, 6.45) is -2.50. The maximum atomic E-state index is 12.4. The molecule has 0 bridgehead atoms. The van der Waals surface area contributed by atoms with Crippen molar-refractivity contribution in [1.29, 1.82) is 0 Å². The number of carbonyl (C=O) groups is 1. The van der Waals surface area contributed by atoms with Crippen LogP contribution in [0.5, 0.6) is 0 Å². The third-order valence-corrected chi connectivity index (χ3v) is 3.11. The van der Waals surface area contributed by atoms with Gasteiger partial charge in [-0.2, -0.15) is 13.2 Å². The lowest BCUT2D eigenvalue weighted by atomic mass is 10.1. The van der Waals surface area contributed by atoms with Gasteiger partial charge < -0.3 is 10.6 Å². The monoisotopic (exact) mass is 308 g/mol. The van der Waals surface area contributed by atoms with Crippen LogP contribution in [0, 0.1) is 0 Å². The number of benzene rings is 1. The maximum Gasteiger partial charge on any atom is 0.416 e. The number of amides is 1. The number of hydrogen-bond acceptors (Lipinski definition) is 2. The van der Waals surface area contributed by atoms with E-state index < -0.39 is 11.7 Å². The van der Waals surface area contributed by atoms with Gasteiger partial charge in [-0.15, -0.1) is 12.4 Å². The Bertz CT molecular complexity index is 442. The van der Waals surface area contributed by atoms with Crippen LogP contribution in [-0.4, -0.2) is 25.0 Å². The van der Waals surface area contributed by atoms with E-state index in [0.29, 0.717) is 6.54 Å². The molecular weight excluding hydrogens is 293 g/mol. The van der Waals surface area contributed by atoms with Crippen LogP contribution in [0.1, 0.15) is 28.8 Å². The number of hydrogen-bond donors (Lipinski definition) is 2. The van der Waals surface area contributed by atoms with Gasteiger partial charge in [-0.1, -0.05) is 0 Å². The molecule has 0 radical (unpaired) electrons. The zero-order valence-corrected chi connectivity index (χ0v) is 11.5. The first-order chi connectivity index (χ1) is 8.97. The van der Waals surface area contributed by atoms with Crippen LogP contribution in [0.25, 0.3) is 0 Å². The van der Waals surface area contributed by atoms with Gasteiger partial charge in [0.15, 0.2) is 0 Å². The van der Waals surface area contributed by atoms with Crippen LogP contribution in [0.4, 0.5) is 13.2 Å². The summed E-state index contributed by atoms with van der Waals surface area (Å²) in [5.41, 5.74) is -0.498. The molecule has 0 saturated carbocycles. The molecule has 1 saturated heterocycles. The second-order valence-corrected chi connectivity index (χ2v) is 4.59. The molecule has 1 aromatic rings. The molecule has 0 unspecified atom stereocenters. The van der Waals surface area contributed by atoms with Crippen molar-refractivity contribution in [2.24, 2.45) is 0 Å². The van der Waals surface area contributed by atoms with Crippen molar-refractivity contribution >= 4 is 18.3 Å². The molecule has 3 nitrogen and oxygen atoms in total. The van der Waals surface area contributed by atoms with Crippen molar-refractivity contribution in [1.82, 2.24) is 10.6 Å². The molecule has 2 N–H and O–H groups in total. The van der Waals surface area contributed by atoms with Gasteiger partial charge in [-0.3, -0.25) is 4.79 Å². The molecule has 2 rings (SSSR count). The van der Waals surface area contributed by atoms with Crippen LogP contribution in [0.2, 0.25) is 0 Å². The molecule has 20 heavy (non-hydrogen) atoms. The first-order valence-electron chi connectivity index (χ1n) is 6.15. The van der Waals surface area contributed by atoms with Crippen LogP contribution < -0.4 is 10.6 Å². The molecule has 1 aliphatic heterocycles. The predicted octanol–water partition coefficient (Wildman–Crippen LogP) is 2.61. The van der Waals surface area contributed by atoms with Gasteiger partial charge in [0.1, 0.15) is 0 Å². The molecule has 0 aliphatic carbocycles. The van der Waals surface area contributed by atoms with Crippen molar-refractivity contribution < 1.29 is 18.0 Å². The highest BCUT2D eigenvalue weighted by Crippen LogP contribution is 2.29. The molecule has 0 aromatic heterocycles. The lowest BCUT2D eigenvalue weighted by Gasteiger charge is -2.23. The van der Waals surface area contributed by atoms with E-state index in [-0.39, 0.29) is 29.9 Å². The minimum atomic E-state index is -4.37. The van der Waals surface area contributed by atoms with Crippen LogP contribution in [0.15, 0.2) is 24.3 Å². The third-order valence-electron chi connectivity index (χ3n) is 3.11. The van der Waals surface area contributed by atoms with Crippen LogP contribution in [0.3, 0.4) is 0 Å². The van der Waals surface area contributed by atoms with E-state index in [0.717, 1.165) is 31.5 Å². The SMILES string of the molecule is Cl.O=C(N[C@@H]1CCCNC1)c1ccc(C(F)(F)F)cc1. The number of halogens is 4. The molecule has 1 aliphatic rings. The second kappa shape index (κ2) is 6.95. The largest absolute Gasteiger partial charge is 0.416 e. The average molecular weight is 309 g/mol. The predicted molar refractivity (Wildman–Crippen MR) is 72.0 cm³/mol. The molecule has 1 amide bonds. The van der Waals surface area contributed by atoms with E-state index in [1.54, 1.807) is 0 Å². The Balaban J connectivity index is 0.00000200. The highest BCUT2D eigenvalue weighted by Gasteiger charge is 2.30. The fraction of sp³-hybridized carbons (Fsp3) is 0.462. The van der Waals surface area contributed by atoms with E-state index in [9.17, 15) is 18.0 Å². The summed E-state index contributed by atoms with van der Waals surface area (Å²) in [7, 11) is 0. The van der Waals surface area contributed by atoms with Crippen molar-refractivity contribution in [3.8, 4) is 0 Å². The minimum Gasteiger partial charge on any atom is -0.348 e. The van der Waals surface area contributed by atoms with E-state index >= 15 is 0 Å². The normalized spacial score (nSPS) is 19.1. The summed E-state index contributed by atoms with van der Waals surface area (Å²) >= 11 is 0. The number of nitrogens with one attached hydrogen (secondary N) is 2. The number of rotatable bonds is 2. The van der Waals surface area contributed by atoms with Gasteiger partial charge in [0.25, 0.3) is 5.91 Å². The summed E-state index contributed by atoms with van der Waals surface area (Å²) in [5.74, 6) is -0.331. The Morgan fingerprint density at radius 1 is 1.25 bits per heavy atom. The smallest absolute Gasteiger partial charge is 0.348 e. The summed E-state index contributed by atoms with van der Waals surface area (Å²) in [6.45, 7) is 1.64. The maximum absolute atomic E-state index is 12.4. The molecule has 0 spiro atoms. The Labute approximate surface area is 121 Å². The van der Waals surface area contributed by atoms with Crippen LogP contribution in [-0.2, 0) is 6.18 Å². The van der Waals surface area contributed by atoms with E-state index in [1.807, 2.05) is 0 Å². The molecule has 1 aromatic carbocycles. The van der Waals surface area contributed by atoms with Gasteiger partial charge >= 0.3 is 6.18 Å². The summed E-state index contributed by atoms with van der Waals surface area (Å²) < 4.78 is 37.2. The fourth-order valence-corrected chi connectivity index (χ4v) is 2.05. The Morgan fingerprint density at radius 3 is 2.40 bits per heavy atom. The summed E-state index contributed by atoms with van der Waals surface area (Å²) in [4.78, 5) is 11.9. The third kappa shape index (κ3) is 4.38. The van der Waals surface area contributed by atoms with E-state index in [1.165, 1.54) is 12.1 Å². The highest BCUT2D eigenvalue weighted by atomic mass is 35.5.